The molecule has 1 aliphatic heterocycles. The lowest BCUT2D eigenvalue weighted by Gasteiger charge is -2.36. The van der Waals surface area contributed by atoms with Gasteiger partial charge in [0.1, 0.15) is 5.82 Å². The van der Waals surface area contributed by atoms with Gasteiger partial charge in [0.05, 0.1) is 6.42 Å². The number of benzene rings is 1. The predicted octanol–water partition coefficient (Wildman–Crippen LogP) is 1.44. The second kappa shape index (κ2) is 6.47. The Morgan fingerprint density at radius 1 is 1.00 bits per heavy atom. The molecule has 2 heterocycles. The number of hydrogen-bond donors (Lipinski definition) is 1. The molecule has 5 heteroatoms. The maximum absolute atomic E-state index is 10.9. The Labute approximate surface area is 130 Å². The van der Waals surface area contributed by atoms with Crippen LogP contribution in [0, 0.1) is 0 Å². The van der Waals surface area contributed by atoms with Gasteiger partial charge in [0.25, 0.3) is 0 Å². The fourth-order valence-electron chi connectivity index (χ4n) is 2.76. The highest BCUT2D eigenvalue weighted by Crippen LogP contribution is 2.19. The van der Waals surface area contributed by atoms with E-state index >= 15 is 0 Å². The molecule has 2 N–H and O–H groups in total. The van der Waals surface area contributed by atoms with Gasteiger partial charge < -0.3 is 15.5 Å². The van der Waals surface area contributed by atoms with Crippen molar-refractivity contribution in [1.82, 2.24) is 4.98 Å². The van der Waals surface area contributed by atoms with E-state index in [4.69, 9.17) is 5.73 Å². The smallest absolute Gasteiger partial charge is 0.221 e. The molecule has 1 aromatic heterocycles. The molecule has 2 aromatic rings. The summed E-state index contributed by atoms with van der Waals surface area (Å²) in [4.78, 5) is 20.0. The minimum absolute atomic E-state index is 0.295. The van der Waals surface area contributed by atoms with E-state index in [1.165, 1.54) is 5.69 Å². The van der Waals surface area contributed by atoms with Gasteiger partial charge in [-0.3, -0.25) is 4.79 Å². The van der Waals surface area contributed by atoms with Gasteiger partial charge >= 0.3 is 0 Å². The highest BCUT2D eigenvalue weighted by molar-refractivity contribution is 5.76. The minimum Gasteiger partial charge on any atom is -0.369 e. The molecule has 0 aliphatic carbocycles. The lowest BCUT2D eigenvalue weighted by molar-refractivity contribution is -0.117. The van der Waals surface area contributed by atoms with E-state index in [1.807, 2.05) is 36.5 Å². The molecule has 0 saturated carbocycles. The third-order valence-electron chi connectivity index (χ3n) is 3.93. The van der Waals surface area contributed by atoms with Gasteiger partial charge in [0, 0.05) is 38.1 Å². The van der Waals surface area contributed by atoms with E-state index in [0.29, 0.717) is 6.42 Å². The summed E-state index contributed by atoms with van der Waals surface area (Å²) in [5.74, 6) is 0.746. The molecule has 1 fully saturated rings. The molecule has 0 atom stereocenters. The van der Waals surface area contributed by atoms with Gasteiger partial charge in [0.2, 0.25) is 5.91 Å². The molecule has 0 unspecified atom stereocenters. The van der Waals surface area contributed by atoms with Crippen molar-refractivity contribution in [2.75, 3.05) is 36.0 Å². The fourth-order valence-corrected chi connectivity index (χ4v) is 2.76. The fraction of sp³-hybridized carbons (Fsp3) is 0.294. The average molecular weight is 296 g/mol. The van der Waals surface area contributed by atoms with E-state index in [1.54, 1.807) is 0 Å². The molecule has 1 aliphatic rings. The van der Waals surface area contributed by atoms with Crippen molar-refractivity contribution >= 4 is 17.4 Å². The Morgan fingerprint density at radius 3 is 2.27 bits per heavy atom. The maximum Gasteiger partial charge on any atom is 0.221 e. The molecule has 0 spiro atoms. The van der Waals surface area contributed by atoms with E-state index < -0.39 is 0 Å². The molecule has 1 aromatic carbocycles. The quantitative estimate of drug-likeness (QED) is 0.927. The number of carbonyl (C=O) groups excluding carboxylic acids is 1. The van der Waals surface area contributed by atoms with Crippen molar-refractivity contribution < 1.29 is 4.79 Å². The van der Waals surface area contributed by atoms with Crippen LogP contribution in [0.25, 0.3) is 0 Å². The number of primary amides is 1. The number of amides is 1. The highest BCUT2D eigenvalue weighted by atomic mass is 16.1. The maximum atomic E-state index is 10.9. The van der Waals surface area contributed by atoms with Gasteiger partial charge in [-0.25, -0.2) is 4.98 Å². The van der Waals surface area contributed by atoms with E-state index in [2.05, 4.69) is 26.9 Å². The molecule has 0 bridgehead atoms. The first-order chi connectivity index (χ1) is 10.7. The lowest BCUT2D eigenvalue weighted by Crippen LogP contribution is -2.46. The van der Waals surface area contributed by atoms with Crippen LogP contribution in [-0.2, 0) is 11.2 Å². The van der Waals surface area contributed by atoms with Crippen LogP contribution in [0.5, 0.6) is 0 Å². The third-order valence-corrected chi connectivity index (χ3v) is 3.93. The Bertz CT molecular complexity index is 619. The first-order valence-corrected chi connectivity index (χ1v) is 7.50. The molecule has 22 heavy (non-hydrogen) atoms. The van der Waals surface area contributed by atoms with Gasteiger partial charge in [-0.2, -0.15) is 0 Å². The van der Waals surface area contributed by atoms with Crippen molar-refractivity contribution in [2.45, 2.75) is 6.42 Å². The Balaban J connectivity index is 1.60. The van der Waals surface area contributed by atoms with Crippen LogP contribution >= 0.6 is 0 Å². The van der Waals surface area contributed by atoms with Gasteiger partial charge in [-0.15, -0.1) is 0 Å². The van der Waals surface area contributed by atoms with Crippen LogP contribution in [0.3, 0.4) is 0 Å². The summed E-state index contributed by atoms with van der Waals surface area (Å²) < 4.78 is 0. The minimum atomic E-state index is -0.295. The number of carbonyl (C=O) groups is 1. The molecule has 3 rings (SSSR count). The Kier molecular flexibility index (Phi) is 4.23. The number of pyridine rings is 1. The predicted molar refractivity (Wildman–Crippen MR) is 88.0 cm³/mol. The number of aromatic nitrogens is 1. The standard InChI is InChI=1S/C17H20N4O/c18-16(22)13-14-4-6-15(7-5-14)20-9-11-21(12-10-20)17-3-1-2-8-19-17/h1-8H,9-13H2,(H2,18,22). The second-order valence-electron chi connectivity index (χ2n) is 5.47. The zero-order valence-electron chi connectivity index (χ0n) is 12.5. The van der Waals surface area contributed by atoms with Crippen LogP contribution < -0.4 is 15.5 Å². The van der Waals surface area contributed by atoms with Crippen LogP contribution in [0.2, 0.25) is 0 Å². The van der Waals surface area contributed by atoms with Crippen LogP contribution in [0.4, 0.5) is 11.5 Å². The van der Waals surface area contributed by atoms with Crippen molar-refractivity contribution in [3.05, 3.63) is 54.2 Å². The van der Waals surface area contributed by atoms with Crippen molar-refractivity contribution in [3.63, 3.8) is 0 Å². The molecule has 0 radical (unpaired) electrons. The SMILES string of the molecule is NC(=O)Cc1ccc(N2CCN(c3ccccn3)CC2)cc1. The first kappa shape index (κ1) is 14.4. The normalized spacial score (nSPS) is 14.9. The second-order valence-corrected chi connectivity index (χ2v) is 5.47. The largest absolute Gasteiger partial charge is 0.369 e. The number of piperazine rings is 1. The van der Waals surface area contributed by atoms with Crippen LogP contribution in [0.15, 0.2) is 48.7 Å². The molecule has 1 amide bonds. The van der Waals surface area contributed by atoms with E-state index in [9.17, 15) is 4.79 Å². The number of nitrogens with two attached hydrogens (primary N) is 1. The Morgan fingerprint density at radius 2 is 1.68 bits per heavy atom. The molecule has 1 saturated heterocycles. The summed E-state index contributed by atoms with van der Waals surface area (Å²) in [7, 11) is 0. The average Bonchev–Trinajstić information content (AvgIpc) is 2.56. The molecular weight excluding hydrogens is 276 g/mol. The highest BCUT2D eigenvalue weighted by Gasteiger charge is 2.18. The van der Waals surface area contributed by atoms with E-state index in [-0.39, 0.29) is 5.91 Å². The number of rotatable bonds is 4. The van der Waals surface area contributed by atoms with Crippen molar-refractivity contribution in [2.24, 2.45) is 5.73 Å². The number of hydrogen-bond acceptors (Lipinski definition) is 4. The summed E-state index contributed by atoms with van der Waals surface area (Å²) in [5, 5.41) is 0. The van der Waals surface area contributed by atoms with Gasteiger partial charge in [-0.1, -0.05) is 18.2 Å². The summed E-state index contributed by atoms with van der Waals surface area (Å²) >= 11 is 0. The zero-order valence-corrected chi connectivity index (χ0v) is 12.5. The van der Waals surface area contributed by atoms with Gasteiger partial charge in [0.15, 0.2) is 0 Å². The molecular formula is C17H20N4O. The number of nitrogens with zero attached hydrogens (tertiary/aromatic N) is 3. The number of anilines is 2. The topological polar surface area (TPSA) is 62.5 Å². The summed E-state index contributed by atoms with van der Waals surface area (Å²) in [6.45, 7) is 3.84. The zero-order chi connectivity index (χ0) is 15.4. The monoisotopic (exact) mass is 296 g/mol. The Hall–Kier alpha value is -2.56. The third kappa shape index (κ3) is 3.36. The summed E-state index contributed by atoms with van der Waals surface area (Å²) in [6.07, 6.45) is 2.13. The van der Waals surface area contributed by atoms with Crippen molar-refractivity contribution in [1.29, 1.82) is 0 Å². The summed E-state index contributed by atoms with van der Waals surface area (Å²) in [6, 6.07) is 14.1. The molecule has 5 nitrogen and oxygen atoms in total. The van der Waals surface area contributed by atoms with Crippen molar-refractivity contribution in [3.8, 4) is 0 Å². The van der Waals surface area contributed by atoms with Crippen LogP contribution in [0.1, 0.15) is 5.56 Å². The van der Waals surface area contributed by atoms with Crippen LogP contribution in [-0.4, -0.2) is 37.1 Å². The first-order valence-electron chi connectivity index (χ1n) is 7.50. The summed E-state index contributed by atoms with van der Waals surface area (Å²) in [5.41, 5.74) is 7.37. The van der Waals surface area contributed by atoms with E-state index in [0.717, 1.165) is 37.6 Å². The molecule has 114 valence electrons. The lowest BCUT2D eigenvalue weighted by atomic mass is 10.1. The van der Waals surface area contributed by atoms with Gasteiger partial charge in [-0.05, 0) is 29.8 Å².